The Bertz CT molecular complexity index is 225. The number of ketones is 1. The summed E-state index contributed by atoms with van der Waals surface area (Å²) in [6.45, 7) is 1.63. The fourth-order valence-corrected chi connectivity index (χ4v) is 1.96. The summed E-state index contributed by atoms with van der Waals surface area (Å²) in [6, 6.07) is 0.425. The van der Waals surface area contributed by atoms with Crippen LogP contribution in [0.15, 0.2) is 0 Å². The number of hydrogen-bond donors (Lipinski definition) is 0. The monoisotopic (exact) mass is 197 g/mol. The molecule has 0 saturated carbocycles. The molecule has 3 nitrogen and oxygen atoms in total. The zero-order chi connectivity index (χ0) is 10.6. The van der Waals surface area contributed by atoms with Gasteiger partial charge in [0.1, 0.15) is 5.78 Å². The number of Topliss-reactive ketones (excluding diaryl/α,β-unsaturated/α-hetero) is 1. The van der Waals surface area contributed by atoms with Crippen LogP contribution in [0.4, 0.5) is 0 Å². The molecule has 0 aromatic heterocycles. The lowest BCUT2D eigenvalue weighted by Gasteiger charge is -2.19. The molecule has 1 fully saturated rings. The van der Waals surface area contributed by atoms with Gasteiger partial charge in [0, 0.05) is 25.9 Å². The van der Waals surface area contributed by atoms with E-state index in [-0.39, 0.29) is 11.7 Å². The standard InChI is InChI=1S/C11H19NO2/c1-9(13)5-3-4-6-10-7-8-11(14)12(10)2/h10H,3-8H2,1-2H3. The van der Waals surface area contributed by atoms with E-state index >= 15 is 0 Å². The van der Waals surface area contributed by atoms with Crippen molar-refractivity contribution in [2.45, 2.75) is 51.5 Å². The van der Waals surface area contributed by atoms with E-state index in [0.29, 0.717) is 18.9 Å². The Kier molecular flexibility index (Phi) is 4.11. The van der Waals surface area contributed by atoms with Gasteiger partial charge in [0.05, 0.1) is 0 Å². The van der Waals surface area contributed by atoms with E-state index in [9.17, 15) is 9.59 Å². The summed E-state index contributed by atoms with van der Waals surface area (Å²) in [5.41, 5.74) is 0. The first-order valence-electron chi connectivity index (χ1n) is 5.36. The number of amides is 1. The molecule has 0 aromatic rings. The molecule has 1 atom stereocenters. The fraction of sp³-hybridized carbons (Fsp3) is 0.818. The molecule has 0 aromatic carbocycles. The van der Waals surface area contributed by atoms with Gasteiger partial charge in [0.2, 0.25) is 5.91 Å². The van der Waals surface area contributed by atoms with E-state index in [2.05, 4.69) is 0 Å². The van der Waals surface area contributed by atoms with Crippen LogP contribution in [0.25, 0.3) is 0 Å². The van der Waals surface area contributed by atoms with Crippen LogP contribution in [0.3, 0.4) is 0 Å². The molecule has 1 rings (SSSR count). The van der Waals surface area contributed by atoms with E-state index in [1.165, 1.54) is 0 Å². The van der Waals surface area contributed by atoms with Crippen molar-refractivity contribution in [2.24, 2.45) is 0 Å². The Morgan fingerprint density at radius 1 is 1.50 bits per heavy atom. The van der Waals surface area contributed by atoms with Crippen LogP contribution in [-0.4, -0.2) is 29.7 Å². The van der Waals surface area contributed by atoms with Gasteiger partial charge < -0.3 is 9.69 Å². The Balaban J connectivity index is 2.13. The van der Waals surface area contributed by atoms with Crippen molar-refractivity contribution in [3.05, 3.63) is 0 Å². The molecule has 0 spiro atoms. The van der Waals surface area contributed by atoms with Gasteiger partial charge >= 0.3 is 0 Å². The molecule has 1 saturated heterocycles. The summed E-state index contributed by atoms with van der Waals surface area (Å²) in [6.07, 6.45) is 5.46. The van der Waals surface area contributed by atoms with E-state index in [0.717, 1.165) is 25.7 Å². The molecule has 80 valence electrons. The molecule has 1 aliphatic heterocycles. The Labute approximate surface area is 85.5 Å². The van der Waals surface area contributed by atoms with Crippen LogP contribution in [0.2, 0.25) is 0 Å². The summed E-state index contributed by atoms with van der Waals surface area (Å²) in [5.74, 6) is 0.530. The largest absolute Gasteiger partial charge is 0.343 e. The van der Waals surface area contributed by atoms with Crippen LogP contribution in [-0.2, 0) is 9.59 Å². The van der Waals surface area contributed by atoms with Crippen molar-refractivity contribution in [2.75, 3.05) is 7.05 Å². The molecule has 3 heteroatoms. The van der Waals surface area contributed by atoms with Gasteiger partial charge in [0.15, 0.2) is 0 Å². The van der Waals surface area contributed by atoms with Crippen LogP contribution in [0.5, 0.6) is 0 Å². The van der Waals surface area contributed by atoms with Gasteiger partial charge in [-0.15, -0.1) is 0 Å². The minimum absolute atomic E-state index is 0.265. The van der Waals surface area contributed by atoms with Gasteiger partial charge in [-0.25, -0.2) is 0 Å². The highest BCUT2D eigenvalue weighted by molar-refractivity contribution is 5.78. The lowest BCUT2D eigenvalue weighted by molar-refractivity contribution is -0.127. The van der Waals surface area contributed by atoms with Crippen LogP contribution in [0.1, 0.15) is 45.4 Å². The molecule has 0 radical (unpaired) electrons. The van der Waals surface area contributed by atoms with Crippen molar-refractivity contribution >= 4 is 11.7 Å². The zero-order valence-corrected chi connectivity index (χ0v) is 9.08. The molecule has 1 aliphatic rings. The minimum Gasteiger partial charge on any atom is -0.343 e. The molecule has 0 N–H and O–H groups in total. The molecular formula is C11H19NO2. The predicted octanol–water partition coefficient (Wildman–Crippen LogP) is 1.76. The van der Waals surface area contributed by atoms with E-state index < -0.39 is 0 Å². The normalized spacial score (nSPS) is 21.7. The highest BCUT2D eigenvalue weighted by atomic mass is 16.2. The van der Waals surface area contributed by atoms with Crippen LogP contribution in [0, 0.1) is 0 Å². The summed E-state index contributed by atoms with van der Waals surface area (Å²) in [7, 11) is 1.88. The average molecular weight is 197 g/mol. The first-order valence-corrected chi connectivity index (χ1v) is 5.36. The number of hydrogen-bond acceptors (Lipinski definition) is 2. The van der Waals surface area contributed by atoms with E-state index in [1.54, 1.807) is 6.92 Å². The highest BCUT2D eigenvalue weighted by Gasteiger charge is 2.26. The lowest BCUT2D eigenvalue weighted by Crippen LogP contribution is -2.28. The van der Waals surface area contributed by atoms with Crippen LogP contribution < -0.4 is 0 Å². The molecule has 0 bridgehead atoms. The number of likely N-dealkylation sites (tertiary alicyclic amines) is 1. The zero-order valence-electron chi connectivity index (χ0n) is 9.08. The third kappa shape index (κ3) is 3.13. The summed E-state index contributed by atoms with van der Waals surface area (Å²) < 4.78 is 0. The third-order valence-corrected chi connectivity index (χ3v) is 2.95. The van der Waals surface area contributed by atoms with Crippen molar-refractivity contribution in [1.29, 1.82) is 0 Å². The van der Waals surface area contributed by atoms with E-state index in [4.69, 9.17) is 0 Å². The second kappa shape index (κ2) is 5.13. The minimum atomic E-state index is 0.265. The van der Waals surface area contributed by atoms with Gasteiger partial charge in [-0.05, 0) is 26.2 Å². The summed E-state index contributed by atoms with van der Waals surface area (Å²) in [5, 5.41) is 0. The van der Waals surface area contributed by atoms with Crippen molar-refractivity contribution < 1.29 is 9.59 Å². The maximum atomic E-state index is 11.2. The second-order valence-corrected chi connectivity index (χ2v) is 4.14. The topological polar surface area (TPSA) is 37.4 Å². The Morgan fingerprint density at radius 2 is 2.21 bits per heavy atom. The van der Waals surface area contributed by atoms with Gasteiger partial charge in [-0.3, -0.25) is 4.79 Å². The first kappa shape index (κ1) is 11.2. The molecule has 1 unspecified atom stereocenters. The maximum absolute atomic E-state index is 11.2. The number of unbranched alkanes of at least 4 members (excludes halogenated alkanes) is 1. The molecule has 1 amide bonds. The first-order chi connectivity index (χ1) is 6.61. The molecule has 1 heterocycles. The average Bonchev–Trinajstić information content (AvgIpc) is 2.43. The molecular weight excluding hydrogens is 178 g/mol. The third-order valence-electron chi connectivity index (χ3n) is 2.95. The SMILES string of the molecule is CC(=O)CCCCC1CCC(=O)N1C. The number of carbonyl (C=O) groups excluding carboxylic acids is 2. The van der Waals surface area contributed by atoms with Crippen molar-refractivity contribution in [3.8, 4) is 0 Å². The van der Waals surface area contributed by atoms with Gasteiger partial charge in [0.25, 0.3) is 0 Å². The number of nitrogens with zero attached hydrogens (tertiary/aromatic N) is 1. The summed E-state index contributed by atoms with van der Waals surface area (Å²) in [4.78, 5) is 23.7. The van der Waals surface area contributed by atoms with Crippen LogP contribution >= 0.6 is 0 Å². The van der Waals surface area contributed by atoms with E-state index in [1.807, 2.05) is 11.9 Å². The van der Waals surface area contributed by atoms with Gasteiger partial charge in [-0.1, -0.05) is 6.42 Å². The Morgan fingerprint density at radius 3 is 2.71 bits per heavy atom. The predicted molar refractivity (Wildman–Crippen MR) is 54.9 cm³/mol. The number of carbonyl (C=O) groups is 2. The van der Waals surface area contributed by atoms with Crippen molar-refractivity contribution in [1.82, 2.24) is 4.90 Å². The smallest absolute Gasteiger partial charge is 0.222 e. The second-order valence-electron chi connectivity index (χ2n) is 4.14. The Hall–Kier alpha value is -0.860. The quantitative estimate of drug-likeness (QED) is 0.630. The highest BCUT2D eigenvalue weighted by Crippen LogP contribution is 2.21. The summed E-state index contributed by atoms with van der Waals surface area (Å²) >= 11 is 0. The fourth-order valence-electron chi connectivity index (χ4n) is 1.96. The molecule has 14 heavy (non-hydrogen) atoms. The molecule has 0 aliphatic carbocycles. The number of rotatable bonds is 5. The van der Waals surface area contributed by atoms with Gasteiger partial charge in [-0.2, -0.15) is 0 Å². The maximum Gasteiger partial charge on any atom is 0.222 e. The lowest BCUT2D eigenvalue weighted by atomic mass is 10.1. The van der Waals surface area contributed by atoms with Crippen molar-refractivity contribution in [3.63, 3.8) is 0 Å².